The van der Waals surface area contributed by atoms with Gasteiger partial charge in [-0.05, 0) is 36.4 Å². The van der Waals surface area contributed by atoms with E-state index in [4.69, 9.17) is 4.42 Å². The second-order valence-electron chi connectivity index (χ2n) is 5.26. The molecule has 11 heteroatoms. The first-order valence-electron chi connectivity index (χ1n) is 7.62. The Morgan fingerprint density at radius 1 is 1.11 bits per heavy atom. The van der Waals surface area contributed by atoms with E-state index in [1.54, 1.807) is 29.6 Å². The molecular formula is C16H12N6O3S2. The van der Waals surface area contributed by atoms with Crippen molar-refractivity contribution in [2.45, 2.75) is 4.90 Å². The quantitative estimate of drug-likeness (QED) is 0.498. The van der Waals surface area contributed by atoms with E-state index in [0.29, 0.717) is 16.7 Å². The highest BCUT2D eigenvalue weighted by Gasteiger charge is 2.15. The molecule has 0 saturated heterocycles. The number of sulfonamides is 1. The van der Waals surface area contributed by atoms with E-state index in [-0.39, 0.29) is 4.90 Å². The molecule has 4 rings (SSSR count). The van der Waals surface area contributed by atoms with E-state index in [2.05, 4.69) is 25.0 Å². The summed E-state index contributed by atoms with van der Waals surface area (Å²) in [6, 6.07) is 9.92. The van der Waals surface area contributed by atoms with Crippen LogP contribution in [0.2, 0.25) is 0 Å². The van der Waals surface area contributed by atoms with Gasteiger partial charge in [0.2, 0.25) is 0 Å². The highest BCUT2D eigenvalue weighted by molar-refractivity contribution is 7.93. The predicted molar refractivity (Wildman–Crippen MR) is 100 cm³/mol. The summed E-state index contributed by atoms with van der Waals surface area (Å²) in [4.78, 5) is 4.06. The molecule has 4 aromatic rings. The van der Waals surface area contributed by atoms with Crippen LogP contribution >= 0.6 is 11.3 Å². The summed E-state index contributed by atoms with van der Waals surface area (Å²) in [6.45, 7) is 0. The van der Waals surface area contributed by atoms with Gasteiger partial charge in [0.05, 0.1) is 11.1 Å². The Hall–Kier alpha value is -3.31. The number of nitrogens with zero attached hydrogens (tertiary/aromatic N) is 5. The van der Waals surface area contributed by atoms with E-state index in [1.165, 1.54) is 53.2 Å². The first-order chi connectivity index (χ1) is 13.1. The molecule has 0 aliphatic carbocycles. The monoisotopic (exact) mass is 400 g/mol. The van der Waals surface area contributed by atoms with E-state index < -0.39 is 10.0 Å². The summed E-state index contributed by atoms with van der Waals surface area (Å²) in [7, 11) is -3.68. The lowest BCUT2D eigenvalue weighted by atomic mass is 10.2. The van der Waals surface area contributed by atoms with Crippen molar-refractivity contribution in [3.8, 4) is 11.3 Å². The maximum absolute atomic E-state index is 12.4. The minimum absolute atomic E-state index is 0.141. The Labute approximate surface area is 158 Å². The predicted octanol–water partition coefficient (Wildman–Crippen LogP) is 2.68. The molecular weight excluding hydrogens is 388 g/mol. The Bertz CT molecular complexity index is 1150. The molecule has 1 N–H and O–H groups in total. The fourth-order valence-corrected chi connectivity index (χ4v) is 3.99. The van der Waals surface area contributed by atoms with Gasteiger partial charge in [-0.1, -0.05) is 0 Å². The van der Waals surface area contributed by atoms with Gasteiger partial charge in [-0.3, -0.25) is 4.72 Å². The van der Waals surface area contributed by atoms with Crippen LogP contribution in [0, 0.1) is 0 Å². The van der Waals surface area contributed by atoms with Crippen molar-refractivity contribution >= 4 is 32.7 Å². The first-order valence-corrected chi connectivity index (χ1v) is 9.98. The molecule has 3 aromatic heterocycles. The van der Waals surface area contributed by atoms with Crippen molar-refractivity contribution in [3.05, 3.63) is 66.4 Å². The van der Waals surface area contributed by atoms with Crippen LogP contribution in [0.15, 0.2) is 75.0 Å². The smallest absolute Gasteiger partial charge is 0.263 e. The molecule has 0 saturated carbocycles. The van der Waals surface area contributed by atoms with Crippen molar-refractivity contribution in [1.29, 1.82) is 0 Å². The Balaban J connectivity index is 1.51. The third-order valence-electron chi connectivity index (χ3n) is 3.45. The van der Waals surface area contributed by atoms with Gasteiger partial charge in [0.25, 0.3) is 10.0 Å². The molecule has 136 valence electrons. The van der Waals surface area contributed by atoms with E-state index in [0.717, 1.165) is 5.56 Å². The first kappa shape index (κ1) is 17.1. The van der Waals surface area contributed by atoms with Gasteiger partial charge in [-0.25, -0.2) is 18.1 Å². The normalized spacial score (nSPS) is 11.9. The molecule has 0 amide bonds. The third-order valence-corrected chi connectivity index (χ3v) is 5.63. The van der Waals surface area contributed by atoms with Gasteiger partial charge in [0.15, 0.2) is 5.13 Å². The van der Waals surface area contributed by atoms with Crippen LogP contribution in [0.1, 0.15) is 5.76 Å². The van der Waals surface area contributed by atoms with Crippen molar-refractivity contribution in [3.63, 3.8) is 0 Å². The number of anilines is 1. The van der Waals surface area contributed by atoms with Crippen LogP contribution in [-0.2, 0) is 10.0 Å². The van der Waals surface area contributed by atoms with Crippen LogP contribution in [0.25, 0.3) is 11.3 Å². The zero-order valence-corrected chi connectivity index (χ0v) is 15.3. The van der Waals surface area contributed by atoms with Crippen LogP contribution in [0.3, 0.4) is 0 Å². The Morgan fingerprint density at radius 3 is 2.59 bits per heavy atom. The maximum Gasteiger partial charge on any atom is 0.263 e. The number of nitrogens with one attached hydrogen (secondary N) is 1. The number of hydrogen-bond acceptors (Lipinski definition) is 8. The molecule has 0 bridgehead atoms. The van der Waals surface area contributed by atoms with Crippen LogP contribution in [-0.4, -0.2) is 34.5 Å². The molecule has 3 heterocycles. The number of benzene rings is 1. The molecule has 0 unspecified atom stereocenters. The summed E-state index contributed by atoms with van der Waals surface area (Å²) < 4.78 is 34.3. The summed E-state index contributed by atoms with van der Waals surface area (Å²) >= 11 is 1.21. The average molecular weight is 400 g/mol. The van der Waals surface area contributed by atoms with Gasteiger partial charge in [0, 0.05) is 17.1 Å². The zero-order chi connectivity index (χ0) is 18.7. The highest BCUT2D eigenvalue weighted by Crippen LogP contribution is 2.24. The lowest BCUT2D eigenvalue weighted by Crippen LogP contribution is -2.12. The Morgan fingerprint density at radius 2 is 1.89 bits per heavy atom. The van der Waals surface area contributed by atoms with E-state index >= 15 is 0 Å². The number of thiazole rings is 1. The molecule has 9 nitrogen and oxygen atoms in total. The maximum atomic E-state index is 12.4. The highest BCUT2D eigenvalue weighted by atomic mass is 32.2. The number of furan rings is 1. The lowest BCUT2D eigenvalue weighted by molar-refractivity contribution is 0.574. The van der Waals surface area contributed by atoms with E-state index in [9.17, 15) is 8.42 Å². The molecule has 0 spiro atoms. The van der Waals surface area contributed by atoms with Gasteiger partial charge < -0.3 is 4.42 Å². The summed E-state index contributed by atoms with van der Waals surface area (Å²) in [6.07, 6.45) is 5.98. The van der Waals surface area contributed by atoms with Crippen molar-refractivity contribution in [2.75, 3.05) is 4.72 Å². The number of aromatic nitrogens is 4. The Kier molecular flexibility index (Phi) is 4.52. The van der Waals surface area contributed by atoms with Crippen molar-refractivity contribution < 1.29 is 12.8 Å². The second-order valence-corrected chi connectivity index (χ2v) is 7.83. The number of rotatable bonds is 6. The SMILES string of the molecule is O=S(=O)(Nc1nccs1)c1ccc(-c2ccc(C=Nn3cnnc3)o2)cc1. The third kappa shape index (κ3) is 3.93. The average Bonchev–Trinajstić information content (AvgIpc) is 3.42. The van der Waals surface area contributed by atoms with E-state index in [1.807, 2.05) is 0 Å². The van der Waals surface area contributed by atoms with Crippen molar-refractivity contribution in [2.24, 2.45) is 5.10 Å². The molecule has 27 heavy (non-hydrogen) atoms. The molecule has 1 aromatic carbocycles. The molecule has 0 aliphatic heterocycles. The summed E-state index contributed by atoms with van der Waals surface area (Å²) in [5.74, 6) is 1.14. The van der Waals surface area contributed by atoms with Gasteiger partial charge in [-0.15, -0.1) is 21.5 Å². The molecule has 0 fully saturated rings. The topological polar surface area (TPSA) is 115 Å². The van der Waals surface area contributed by atoms with Gasteiger partial charge in [0.1, 0.15) is 24.2 Å². The second kappa shape index (κ2) is 7.13. The fraction of sp³-hybridized carbons (Fsp3) is 0. The van der Waals surface area contributed by atoms with Crippen molar-refractivity contribution in [1.82, 2.24) is 19.9 Å². The zero-order valence-electron chi connectivity index (χ0n) is 13.6. The molecule has 0 aliphatic rings. The van der Waals surface area contributed by atoms with Gasteiger partial charge in [-0.2, -0.15) is 5.10 Å². The minimum Gasteiger partial charge on any atom is -0.455 e. The molecule has 0 atom stereocenters. The van der Waals surface area contributed by atoms with Crippen LogP contribution in [0.5, 0.6) is 0 Å². The number of hydrogen-bond donors (Lipinski definition) is 1. The van der Waals surface area contributed by atoms with Crippen LogP contribution < -0.4 is 4.72 Å². The fourth-order valence-electron chi connectivity index (χ4n) is 2.20. The minimum atomic E-state index is -3.68. The standard InChI is InChI=1S/C16H12N6O3S2/c23-27(24,21-16-17-7-8-26-16)14-4-1-12(2-5-14)15-6-3-13(25-15)9-20-22-10-18-19-11-22/h1-11H,(H,17,21). The largest absolute Gasteiger partial charge is 0.455 e. The lowest BCUT2D eigenvalue weighted by Gasteiger charge is -2.05. The summed E-state index contributed by atoms with van der Waals surface area (Å²) in [5.41, 5.74) is 0.743. The molecule has 0 radical (unpaired) electrons. The van der Waals surface area contributed by atoms with Gasteiger partial charge >= 0.3 is 0 Å². The summed E-state index contributed by atoms with van der Waals surface area (Å²) in [5, 5.41) is 13.4. The van der Waals surface area contributed by atoms with Crippen LogP contribution in [0.4, 0.5) is 5.13 Å².